The first kappa shape index (κ1) is 14.3. The maximum Gasteiger partial charge on any atom is 0.304 e. The molecular weight excluding hydrogens is 311 g/mol. The number of fused-ring (bicyclic) bond motifs is 1. The van der Waals surface area contributed by atoms with Crippen LogP contribution in [-0.2, 0) is 0 Å². The van der Waals surface area contributed by atoms with Crippen LogP contribution in [0.3, 0.4) is 0 Å². The summed E-state index contributed by atoms with van der Waals surface area (Å²) < 4.78 is 15.0. The molecule has 3 rings (SSSR count). The SMILES string of the molecule is C[C@H]1CC(Nc2ccc([N+](=O)[O-])c(F)c2)c2ccsc2S1. The van der Waals surface area contributed by atoms with Gasteiger partial charge >= 0.3 is 5.69 Å². The van der Waals surface area contributed by atoms with Crippen molar-refractivity contribution in [3.05, 3.63) is 51.1 Å². The van der Waals surface area contributed by atoms with E-state index in [2.05, 4.69) is 23.7 Å². The maximum atomic E-state index is 13.7. The van der Waals surface area contributed by atoms with E-state index in [-0.39, 0.29) is 6.04 Å². The largest absolute Gasteiger partial charge is 0.378 e. The van der Waals surface area contributed by atoms with Gasteiger partial charge in [0.05, 0.1) is 15.2 Å². The molecular formula is C14H13FN2O2S2. The van der Waals surface area contributed by atoms with E-state index in [1.54, 1.807) is 17.4 Å². The fourth-order valence-corrected chi connectivity index (χ4v) is 5.00. The first-order valence-corrected chi connectivity index (χ1v) is 8.25. The van der Waals surface area contributed by atoms with Crippen molar-refractivity contribution >= 4 is 34.5 Å². The van der Waals surface area contributed by atoms with Crippen LogP contribution >= 0.6 is 23.1 Å². The summed E-state index contributed by atoms with van der Waals surface area (Å²) in [6.45, 7) is 2.17. The highest BCUT2D eigenvalue weighted by atomic mass is 32.2. The molecule has 1 aliphatic heterocycles. The number of nitro groups is 1. The standard InChI is InChI=1S/C14H13FN2O2S2/c1-8-6-12(10-4-5-20-14(10)21-8)16-9-2-3-13(17(18)19)11(15)7-9/h2-5,7-8,12,16H,6H2,1H3/t8-,12?/m0/s1. The predicted octanol–water partition coefficient (Wildman–Crippen LogP) is 4.83. The van der Waals surface area contributed by atoms with Gasteiger partial charge in [0.25, 0.3) is 0 Å². The van der Waals surface area contributed by atoms with Crippen molar-refractivity contribution in [2.45, 2.75) is 28.8 Å². The van der Waals surface area contributed by atoms with E-state index in [0.717, 1.165) is 6.42 Å². The molecule has 0 spiro atoms. The number of hydrogen-bond donors (Lipinski definition) is 1. The number of anilines is 1. The van der Waals surface area contributed by atoms with E-state index in [0.29, 0.717) is 10.9 Å². The zero-order chi connectivity index (χ0) is 15.0. The lowest BCUT2D eigenvalue weighted by Gasteiger charge is -2.28. The Labute approximate surface area is 129 Å². The van der Waals surface area contributed by atoms with Gasteiger partial charge in [0, 0.05) is 23.1 Å². The highest BCUT2D eigenvalue weighted by molar-refractivity contribution is 8.01. The molecule has 2 heterocycles. The highest BCUT2D eigenvalue weighted by Crippen LogP contribution is 2.45. The number of nitro benzene ring substituents is 1. The number of nitrogens with zero attached hydrogens (tertiary/aromatic N) is 1. The van der Waals surface area contributed by atoms with Gasteiger partial charge in [-0.2, -0.15) is 4.39 Å². The van der Waals surface area contributed by atoms with Crippen molar-refractivity contribution in [3.8, 4) is 0 Å². The van der Waals surface area contributed by atoms with E-state index in [4.69, 9.17) is 0 Å². The zero-order valence-corrected chi connectivity index (χ0v) is 12.8. The smallest absolute Gasteiger partial charge is 0.304 e. The Morgan fingerprint density at radius 1 is 1.43 bits per heavy atom. The Bertz CT molecular complexity index is 689. The topological polar surface area (TPSA) is 55.2 Å². The molecule has 0 fully saturated rings. The number of rotatable bonds is 3. The summed E-state index contributed by atoms with van der Waals surface area (Å²) in [6.07, 6.45) is 0.938. The van der Waals surface area contributed by atoms with Gasteiger partial charge in [-0.15, -0.1) is 23.1 Å². The summed E-state index contributed by atoms with van der Waals surface area (Å²) in [5.74, 6) is -0.811. The van der Waals surface area contributed by atoms with Gasteiger partial charge in [-0.1, -0.05) is 6.92 Å². The van der Waals surface area contributed by atoms with Gasteiger partial charge in [-0.05, 0) is 29.5 Å². The van der Waals surface area contributed by atoms with Crippen LogP contribution in [-0.4, -0.2) is 10.2 Å². The van der Waals surface area contributed by atoms with Crippen LogP contribution in [0.15, 0.2) is 33.9 Å². The van der Waals surface area contributed by atoms with Crippen LogP contribution in [0.5, 0.6) is 0 Å². The first-order chi connectivity index (χ1) is 10.0. The van der Waals surface area contributed by atoms with Crippen molar-refractivity contribution in [2.24, 2.45) is 0 Å². The Morgan fingerprint density at radius 3 is 2.95 bits per heavy atom. The zero-order valence-electron chi connectivity index (χ0n) is 11.2. The molecule has 21 heavy (non-hydrogen) atoms. The Balaban J connectivity index is 1.85. The lowest BCUT2D eigenvalue weighted by molar-refractivity contribution is -0.387. The third kappa shape index (κ3) is 2.89. The van der Waals surface area contributed by atoms with Gasteiger partial charge in [-0.3, -0.25) is 10.1 Å². The molecule has 1 unspecified atom stereocenters. The van der Waals surface area contributed by atoms with Gasteiger partial charge in [0.1, 0.15) is 0 Å². The fraction of sp³-hybridized carbons (Fsp3) is 0.286. The Morgan fingerprint density at radius 2 is 2.24 bits per heavy atom. The van der Waals surface area contributed by atoms with Crippen molar-refractivity contribution in [1.82, 2.24) is 0 Å². The summed E-state index contributed by atoms with van der Waals surface area (Å²) >= 11 is 3.57. The summed E-state index contributed by atoms with van der Waals surface area (Å²) in [7, 11) is 0. The number of thiophene rings is 1. The lowest BCUT2D eigenvalue weighted by atomic mass is 10.0. The molecule has 1 N–H and O–H groups in total. The molecule has 0 aliphatic carbocycles. The second-order valence-electron chi connectivity index (χ2n) is 4.95. The van der Waals surface area contributed by atoms with E-state index >= 15 is 0 Å². The van der Waals surface area contributed by atoms with Gasteiger partial charge in [-0.25, -0.2) is 0 Å². The van der Waals surface area contributed by atoms with Crippen molar-refractivity contribution < 1.29 is 9.31 Å². The van der Waals surface area contributed by atoms with Gasteiger partial charge in [0.2, 0.25) is 5.82 Å². The maximum absolute atomic E-state index is 13.7. The molecule has 1 aliphatic rings. The van der Waals surface area contributed by atoms with Crippen molar-refractivity contribution in [1.29, 1.82) is 0 Å². The minimum atomic E-state index is -0.811. The molecule has 0 amide bonds. The number of hydrogen-bond acceptors (Lipinski definition) is 5. The molecule has 2 aromatic rings. The molecule has 1 aromatic carbocycles. The Hall–Kier alpha value is -1.60. The van der Waals surface area contributed by atoms with Crippen LogP contribution in [0.1, 0.15) is 24.9 Å². The van der Waals surface area contributed by atoms with Crippen molar-refractivity contribution in [2.75, 3.05) is 5.32 Å². The third-order valence-corrected chi connectivity index (χ3v) is 5.74. The van der Waals surface area contributed by atoms with Crippen LogP contribution in [0.25, 0.3) is 0 Å². The molecule has 110 valence electrons. The highest BCUT2D eigenvalue weighted by Gasteiger charge is 2.26. The summed E-state index contributed by atoms with van der Waals surface area (Å²) in [4.78, 5) is 9.93. The van der Waals surface area contributed by atoms with Gasteiger partial charge in [0.15, 0.2) is 0 Å². The van der Waals surface area contributed by atoms with E-state index in [1.807, 2.05) is 11.8 Å². The summed E-state index contributed by atoms with van der Waals surface area (Å²) in [5, 5.41) is 16.5. The normalized spacial score (nSPS) is 20.9. The number of halogens is 1. The molecule has 4 nitrogen and oxygen atoms in total. The lowest BCUT2D eigenvalue weighted by Crippen LogP contribution is -2.19. The number of thioether (sulfide) groups is 1. The van der Waals surface area contributed by atoms with Crippen LogP contribution in [0.2, 0.25) is 0 Å². The molecule has 7 heteroatoms. The van der Waals surface area contributed by atoms with Crippen LogP contribution in [0.4, 0.5) is 15.8 Å². The second-order valence-corrected chi connectivity index (χ2v) is 7.57. The number of nitrogens with one attached hydrogen (secondary N) is 1. The van der Waals surface area contributed by atoms with Crippen LogP contribution < -0.4 is 5.32 Å². The quantitative estimate of drug-likeness (QED) is 0.649. The van der Waals surface area contributed by atoms with E-state index < -0.39 is 16.4 Å². The van der Waals surface area contributed by atoms with Crippen LogP contribution in [0, 0.1) is 15.9 Å². The van der Waals surface area contributed by atoms with Crippen molar-refractivity contribution in [3.63, 3.8) is 0 Å². The molecule has 2 atom stereocenters. The predicted molar refractivity (Wildman–Crippen MR) is 83.7 cm³/mol. The average Bonchev–Trinajstić information content (AvgIpc) is 2.86. The minimum absolute atomic E-state index is 0.114. The average molecular weight is 324 g/mol. The van der Waals surface area contributed by atoms with Gasteiger partial charge < -0.3 is 5.32 Å². The second kappa shape index (κ2) is 5.65. The third-order valence-electron chi connectivity index (χ3n) is 3.39. The minimum Gasteiger partial charge on any atom is -0.378 e. The molecule has 1 aromatic heterocycles. The summed E-state index contributed by atoms with van der Waals surface area (Å²) in [6, 6.07) is 6.14. The number of benzene rings is 1. The Kier molecular flexibility index (Phi) is 3.86. The monoisotopic (exact) mass is 324 g/mol. The molecule has 0 bridgehead atoms. The molecule has 0 radical (unpaired) electrons. The molecule has 0 saturated heterocycles. The fourth-order valence-electron chi connectivity index (χ4n) is 2.43. The molecule has 0 saturated carbocycles. The van der Waals surface area contributed by atoms with E-state index in [1.165, 1.54) is 21.9 Å². The summed E-state index contributed by atoms with van der Waals surface area (Å²) in [5.41, 5.74) is 1.30. The van der Waals surface area contributed by atoms with E-state index in [9.17, 15) is 14.5 Å². The first-order valence-electron chi connectivity index (χ1n) is 6.49.